The number of oxazole rings is 1. The SMILES string of the molecule is CCCS(=O)(=O)N1CCN(C(=O)c2ccc3oc(C)nc3c2)CC1. The fourth-order valence-corrected chi connectivity index (χ4v) is 4.41. The van der Waals surface area contributed by atoms with Crippen molar-refractivity contribution in [2.24, 2.45) is 0 Å². The van der Waals surface area contributed by atoms with Crippen LogP contribution in [0.5, 0.6) is 0 Å². The van der Waals surface area contributed by atoms with Gasteiger partial charge in [0, 0.05) is 38.7 Å². The topological polar surface area (TPSA) is 83.7 Å². The average Bonchev–Trinajstić information content (AvgIpc) is 2.93. The fourth-order valence-electron chi connectivity index (χ4n) is 2.91. The van der Waals surface area contributed by atoms with Crippen molar-refractivity contribution < 1.29 is 17.6 Å². The molecule has 1 saturated heterocycles. The van der Waals surface area contributed by atoms with Crippen molar-refractivity contribution in [1.82, 2.24) is 14.2 Å². The summed E-state index contributed by atoms with van der Waals surface area (Å²) in [6.07, 6.45) is 0.596. The van der Waals surface area contributed by atoms with Gasteiger partial charge in [0.2, 0.25) is 10.0 Å². The molecule has 8 heteroatoms. The lowest BCUT2D eigenvalue weighted by atomic mass is 10.1. The van der Waals surface area contributed by atoms with Crippen LogP contribution < -0.4 is 0 Å². The van der Waals surface area contributed by atoms with Gasteiger partial charge in [0.1, 0.15) is 5.52 Å². The molecule has 3 rings (SSSR count). The molecule has 0 radical (unpaired) electrons. The number of hydrogen-bond donors (Lipinski definition) is 0. The number of carbonyl (C=O) groups excluding carboxylic acids is 1. The van der Waals surface area contributed by atoms with E-state index in [4.69, 9.17) is 4.42 Å². The summed E-state index contributed by atoms with van der Waals surface area (Å²) in [6, 6.07) is 5.17. The molecule has 0 N–H and O–H groups in total. The van der Waals surface area contributed by atoms with Gasteiger partial charge >= 0.3 is 0 Å². The largest absolute Gasteiger partial charge is 0.441 e. The number of hydrogen-bond acceptors (Lipinski definition) is 5. The van der Waals surface area contributed by atoms with Crippen LogP contribution in [0.2, 0.25) is 0 Å². The first kappa shape index (κ1) is 16.9. The molecule has 0 spiro atoms. The van der Waals surface area contributed by atoms with Gasteiger partial charge in [0.05, 0.1) is 5.75 Å². The van der Waals surface area contributed by atoms with Crippen LogP contribution in [0.4, 0.5) is 0 Å². The van der Waals surface area contributed by atoms with Crippen molar-refractivity contribution in [3.63, 3.8) is 0 Å². The van der Waals surface area contributed by atoms with Crippen molar-refractivity contribution in [1.29, 1.82) is 0 Å². The highest BCUT2D eigenvalue weighted by atomic mass is 32.2. The van der Waals surface area contributed by atoms with Crippen molar-refractivity contribution in [2.45, 2.75) is 20.3 Å². The Kier molecular flexibility index (Phi) is 4.60. The van der Waals surface area contributed by atoms with Crippen LogP contribution in [0.3, 0.4) is 0 Å². The minimum atomic E-state index is -3.20. The molecule has 1 amide bonds. The van der Waals surface area contributed by atoms with Gasteiger partial charge in [-0.05, 0) is 24.6 Å². The zero-order valence-corrected chi connectivity index (χ0v) is 14.7. The molecule has 0 unspecified atom stereocenters. The molecule has 130 valence electrons. The van der Waals surface area contributed by atoms with E-state index in [9.17, 15) is 13.2 Å². The van der Waals surface area contributed by atoms with E-state index in [0.717, 1.165) is 0 Å². The van der Waals surface area contributed by atoms with E-state index in [0.29, 0.717) is 55.2 Å². The summed E-state index contributed by atoms with van der Waals surface area (Å²) in [5, 5.41) is 0. The number of fused-ring (bicyclic) bond motifs is 1. The molecule has 7 nitrogen and oxygen atoms in total. The fraction of sp³-hybridized carbons (Fsp3) is 0.500. The van der Waals surface area contributed by atoms with Crippen LogP contribution in [0.25, 0.3) is 11.1 Å². The Labute approximate surface area is 141 Å². The summed E-state index contributed by atoms with van der Waals surface area (Å²) in [5.74, 6) is 0.609. The van der Waals surface area contributed by atoms with Gasteiger partial charge in [-0.2, -0.15) is 4.31 Å². The van der Waals surface area contributed by atoms with E-state index in [-0.39, 0.29) is 11.7 Å². The summed E-state index contributed by atoms with van der Waals surface area (Å²) in [7, 11) is -3.20. The summed E-state index contributed by atoms with van der Waals surface area (Å²) < 4.78 is 31.1. The maximum absolute atomic E-state index is 12.6. The number of aromatic nitrogens is 1. The molecule has 1 aromatic carbocycles. The number of aryl methyl sites for hydroxylation is 1. The summed E-state index contributed by atoms with van der Waals surface area (Å²) in [5.41, 5.74) is 1.85. The first-order valence-corrected chi connectivity index (χ1v) is 9.66. The molecule has 0 atom stereocenters. The minimum absolute atomic E-state index is 0.106. The first-order valence-electron chi connectivity index (χ1n) is 8.05. The third-order valence-electron chi connectivity index (χ3n) is 4.12. The zero-order valence-electron chi connectivity index (χ0n) is 13.9. The molecule has 0 saturated carbocycles. The van der Waals surface area contributed by atoms with Crippen LogP contribution >= 0.6 is 0 Å². The molecular weight excluding hydrogens is 330 g/mol. The molecule has 24 heavy (non-hydrogen) atoms. The standard InChI is InChI=1S/C16H21N3O4S/c1-3-10-24(21,22)19-8-6-18(7-9-19)16(20)13-4-5-15-14(11-13)17-12(2)23-15/h4-5,11H,3,6-10H2,1-2H3. The second-order valence-corrected chi connectivity index (χ2v) is 8.01. The van der Waals surface area contributed by atoms with Gasteiger partial charge < -0.3 is 9.32 Å². The van der Waals surface area contributed by atoms with Crippen LogP contribution in [-0.2, 0) is 10.0 Å². The predicted octanol–water partition coefficient (Wildman–Crippen LogP) is 1.63. The zero-order chi connectivity index (χ0) is 17.3. The van der Waals surface area contributed by atoms with Gasteiger partial charge in [-0.1, -0.05) is 6.92 Å². The van der Waals surface area contributed by atoms with Gasteiger partial charge in [-0.3, -0.25) is 4.79 Å². The monoisotopic (exact) mass is 351 g/mol. The number of benzene rings is 1. The van der Waals surface area contributed by atoms with E-state index in [1.54, 1.807) is 30.0 Å². The number of carbonyl (C=O) groups is 1. The highest BCUT2D eigenvalue weighted by molar-refractivity contribution is 7.89. The molecule has 2 heterocycles. The molecular formula is C16H21N3O4S. The molecule has 2 aromatic rings. The second kappa shape index (κ2) is 6.52. The summed E-state index contributed by atoms with van der Waals surface area (Å²) in [4.78, 5) is 18.6. The highest BCUT2D eigenvalue weighted by Gasteiger charge is 2.28. The third-order valence-corrected chi connectivity index (χ3v) is 6.20. The number of nitrogens with zero attached hydrogens (tertiary/aromatic N) is 3. The lowest BCUT2D eigenvalue weighted by molar-refractivity contribution is 0.0698. The Balaban J connectivity index is 1.70. The Morgan fingerprint density at radius 3 is 2.62 bits per heavy atom. The Morgan fingerprint density at radius 2 is 1.96 bits per heavy atom. The molecule has 0 aliphatic carbocycles. The van der Waals surface area contributed by atoms with Crippen LogP contribution in [0.15, 0.2) is 22.6 Å². The van der Waals surface area contributed by atoms with E-state index in [1.807, 2.05) is 6.92 Å². The normalized spacial score (nSPS) is 16.7. The lowest BCUT2D eigenvalue weighted by Crippen LogP contribution is -2.51. The van der Waals surface area contributed by atoms with Crippen molar-refractivity contribution >= 4 is 27.0 Å². The predicted molar refractivity (Wildman–Crippen MR) is 90.3 cm³/mol. The van der Waals surface area contributed by atoms with Crippen molar-refractivity contribution in [2.75, 3.05) is 31.9 Å². The highest BCUT2D eigenvalue weighted by Crippen LogP contribution is 2.19. The van der Waals surface area contributed by atoms with Crippen molar-refractivity contribution in [3.05, 3.63) is 29.7 Å². The third kappa shape index (κ3) is 3.29. The molecule has 1 aromatic heterocycles. The maximum Gasteiger partial charge on any atom is 0.254 e. The van der Waals surface area contributed by atoms with E-state index in [2.05, 4.69) is 4.98 Å². The Morgan fingerprint density at radius 1 is 1.25 bits per heavy atom. The van der Waals surface area contributed by atoms with Gasteiger partial charge in [0.15, 0.2) is 11.5 Å². The van der Waals surface area contributed by atoms with Crippen LogP contribution in [0, 0.1) is 6.92 Å². The van der Waals surface area contributed by atoms with Gasteiger partial charge in [0.25, 0.3) is 5.91 Å². The van der Waals surface area contributed by atoms with E-state index in [1.165, 1.54) is 4.31 Å². The maximum atomic E-state index is 12.6. The van der Waals surface area contributed by atoms with E-state index >= 15 is 0 Å². The molecule has 0 bridgehead atoms. The van der Waals surface area contributed by atoms with E-state index < -0.39 is 10.0 Å². The van der Waals surface area contributed by atoms with Gasteiger partial charge in [-0.15, -0.1) is 0 Å². The lowest BCUT2D eigenvalue weighted by Gasteiger charge is -2.34. The van der Waals surface area contributed by atoms with Gasteiger partial charge in [-0.25, -0.2) is 13.4 Å². The van der Waals surface area contributed by atoms with Crippen molar-refractivity contribution in [3.8, 4) is 0 Å². The molecule has 1 aliphatic rings. The summed E-state index contributed by atoms with van der Waals surface area (Å²) in [6.45, 7) is 5.10. The molecule has 1 aliphatic heterocycles. The molecule has 1 fully saturated rings. The Hall–Kier alpha value is -1.93. The van der Waals surface area contributed by atoms with Crippen LogP contribution in [-0.4, -0.2) is 60.4 Å². The second-order valence-electron chi connectivity index (χ2n) is 5.92. The quantitative estimate of drug-likeness (QED) is 0.836. The Bertz CT molecular complexity index is 851. The van der Waals surface area contributed by atoms with Crippen LogP contribution in [0.1, 0.15) is 29.6 Å². The summed E-state index contributed by atoms with van der Waals surface area (Å²) >= 11 is 0. The number of rotatable bonds is 4. The number of amides is 1. The number of sulfonamides is 1. The average molecular weight is 351 g/mol. The first-order chi connectivity index (χ1) is 11.4. The number of piperazine rings is 1. The minimum Gasteiger partial charge on any atom is -0.441 e. The smallest absolute Gasteiger partial charge is 0.254 e.